The van der Waals surface area contributed by atoms with Crippen LogP contribution in [0.3, 0.4) is 0 Å². The molecule has 0 aliphatic rings. The average Bonchev–Trinajstić information content (AvgIpc) is 2.88. The van der Waals surface area contributed by atoms with E-state index in [4.69, 9.17) is 9.47 Å². The van der Waals surface area contributed by atoms with Gasteiger partial charge in [-0.05, 0) is 44.0 Å². The molecule has 1 heterocycles. The standard InChI is InChI=1S/C19H23NO4S/c1-5-6-10-24-15-9-7-8-14(11-15)17(21)20-18-16(19(22)23-4)12(2)13(3)25-18/h7-9,11H,5-6,10H2,1-4H3,(H,20,21). The van der Waals surface area contributed by atoms with Crippen molar-refractivity contribution in [1.82, 2.24) is 0 Å². The molecule has 25 heavy (non-hydrogen) atoms. The second kappa shape index (κ2) is 8.67. The lowest BCUT2D eigenvalue weighted by atomic mass is 10.1. The molecule has 134 valence electrons. The molecule has 2 aromatic rings. The number of rotatable bonds is 7. The summed E-state index contributed by atoms with van der Waals surface area (Å²) < 4.78 is 10.5. The monoisotopic (exact) mass is 361 g/mol. The lowest BCUT2D eigenvalue weighted by Crippen LogP contribution is -2.14. The first-order chi connectivity index (χ1) is 12.0. The van der Waals surface area contributed by atoms with E-state index < -0.39 is 5.97 Å². The first-order valence-corrected chi connectivity index (χ1v) is 9.02. The van der Waals surface area contributed by atoms with Gasteiger partial charge in [0.05, 0.1) is 19.3 Å². The fourth-order valence-electron chi connectivity index (χ4n) is 2.30. The van der Waals surface area contributed by atoms with Crippen LogP contribution in [0.15, 0.2) is 24.3 Å². The van der Waals surface area contributed by atoms with E-state index in [9.17, 15) is 9.59 Å². The molecule has 2 rings (SSSR count). The maximum atomic E-state index is 12.6. The molecular formula is C19H23NO4S. The molecule has 0 spiro atoms. The van der Waals surface area contributed by atoms with Crippen molar-refractivity contribution in [3.63, 3.8) is 0 Å². The number of amides is 1. The highest BCUT2D eigenvalue weighted by Crippen LogP contribution is 2.33. The summed E-state index contributed by atoms with van der Waals surface area (Å²) in [6.45, 7) is 6.47. The molecule has 0 bridgehead atoms. The number of anilines is 1. The first kappa shape index (κ1) is 19.0. The van der Waals surface area contributed by atoms with Gasteiger partial charge >= 0.3 is 5.97 Å². The van der Waals surface area contributed by atoms with Crippen molar-refractivity contribution < 1.29 is 19.1 Å². The highest BCUT2D eigenvalue weighted by atomic mass is 32.1. The fourth-order valence-corrected chi connectivity index (χ4v) is 3.34. The Balaban J connectivity index is 2.19. The molecule has 1 aromatic heterocycles. The maximum Gasteiger partial charge on any atom is 0.341 e. The Hall–Kier alpha value is -2.34. The van der Waals surface area contributed by atoms with Gasteiger partial charge < -0.3 is 14.8 Å². The molecule has 0 saturated carbocycles. The van der Waals surface area contributed by atoms with Gasteiger partial charge in [-0.15, -0.1) is 11.3 Å². The molecule has 1 N–H and O–H groups in total. The van der Waals surface area contributed by atoms with Gasteiger partial charge in [-0.25, -0.2) is 4.79 Å². The summed E-state index contributed by atoms with van der Waals surface area (Å²) >= 11 is 1.36. The van der Waals surface area contributed by atoms with Gasteiger partial charge in [0.25, 0.3) is 5.91 Å². The number of carbonyl (C=O) groups is 2. The van der Waals surface area contributed by atoms with Crippen molar-refractivity contribution in [2.24, 2.45) is 0 Å². The van der Waals surface area contributed by atoms with Gasteiger partial charge in [0, 0.05) is 10.4 Å². The molecule has 0 radical (unpaired) electrons. The zero-order chi connectivity index (χ0) is 18.4. The number of ether oxygens (including phenoxy) is 2. The number of unbranched alkanes of at least 4 members (excludes halogenated alkanes) is 1. The van der Waals surface area contributed by atoms with Crippen LogP contribution in [0.2, 0.25) is 0 Å². The maximum absolute atomic E-state index is 12.6. The van der Waals surface area contributed by atoms with Crippen molar-refractivity contribution in [2.45, 2.75) is 33.6 Å². The molecule has 6 heteroatoms. The van der Waals surface area contributed by atoms with Crippen LogP contribution >= 0.6 is 11.3 Å². The molecule has 5 nitrogen and oxygen atoms in total. The minimum atomic E-state index is -0.450. The summed E-state index contributed by atoms with van der Waals surface area (Å²) in [5.41, 5.74) is 1.71. The Morgan fingerprint density at radius 1 is 1.24 bits per heavy atom. The summed E-state index contributed by atoms with van der Waals surface area (Å²) in [7, 11) is 1.33. The van der Waals surface area contributed by atoms with Gasteiger partial charge in [-0.1, -0.05) is 19.4 Å². The predicted octanol–water partition coefficient (Wildman–Crippen LogP) is 4.58. The number of benzene rings is 1. The molecule has 0 atom stereocenters. The van der Waals surface area contributed by atoms with Crippen molar-refractivity contribution in [3.8, 4) is 5.75 Å². The van der Waals surface area contributed by atoms with Crippen LogP contribution < -0.4 is 10.1 Å². The summed E-state index contributed by atoms with van der Waals surface area (Å²) in [5.74, 6) is -0.0750. The highest BCUT2D eigenvalue weighted by molar-refractivity contribution is 7.16. The van der Waals surface area contributed by atoms with Crippen molar-refractivity contribution in [1.29, 1.82) is 0 Å². The molecule has 0 unspecified atom stereocenters. The van der Waals surface area contributed by atoms with E-state index in [0.29, 0.717) is 28.5 Å². The van der Waals surface area contributed by atoms with Crippen LogP contribution in [0.5, 0.6) is 5.75 Å². The van der Waals surface area contributed by atoms with Crippen molar-refractivity contribution >= 4 is 28.2 Å². The van der Waals surface area contributed by atoms with Crippen molar-refractivity contribution in [2.75, 3.05) is 19.0 Å². The van der Waals surface area contributed by atoms with Crippen LogP contribution in [0.25, 0.3) is 0 Å². The molecule has 0 aliphatic heterocycles. The smallest absolute Gasteiger partial charge is 0.341 e. The van der Waals surface area contributed by atoms with Crippen molar-refractivity contribution in [3.05, 3.63) is 45.8 Å². The van der Waals surface area contributed by atoms with E-state index in [0.717, 1.165) is 23.3 Å². The highest BCUT2D eigenvalue weighted by Gasteiger charge is 2.22. The van der Waals surface area contributed by atoms with E-state index in [2.05, 4.69) is 12.2 Å². The first-order valence-electron chi connectivity index (χ1n) is 8.20. The Kier molecular flexibility index (Phi) is 6.58. The molecule has 1 aromatic carbocycles. The number of carbonyl (C=O) groups excluding carboxylic acids is 2. The number of nitrogens with one attached hydrogen (secondary N) is 1. The third-order valence-electron chi connectivity index (χ3n) is 3.86. The number of methoxy groups -OCH3 is 1. The summed E-state index contributed by atoms with van der Waals surface area (Å²) in [4.78, 5) is 25.5. The summed E-state index contributed by atoms with van der Waals surface area (Å²) in [5, 5.41) is 3.33. The summed E-state index contributed by atoms with van der Waals surface area (Å²) in [6.07, 6.45) is 2.01. The molecule has 1 amide bonds. The Labute approximate surface area is 152 Å². The Morgan fingerprint density at radius 3 is 2.68 bits per heavy atom. The number of esters is 1. The number of aryl methyl sites for hydroxylation is 1. The van der Waals surface area contributed by atoms with Gasteiger partial charge in [0.1, 0.15) is 10.8 Å². The minimum absolute atomic E-state index is 0.285. The van der Waals surface area contributed by atoms with Gasteiger partial charge in [0.2, 0.25) is 0 Å². The van der Waals surface area contributed by atoms with E-state index in [1.165, 1.54) is 18.4 Å². The van der Waals surface area contributed by atoms with E-state index in [-0.39, 0.29) is 5.91 Å². The topological polar surface area (TPSA) is 64.6 Å². The van der Waals surface area contributed by atoms with Gasteiger partial charge in [0.15, 0.2) is 0 Å². The van der Waals surface area contributed by atoms with Gasteiger partial charge in [-0.2, -0.15) is 0 Å². The quantitative estimate of drug-likeness (QED) is 0.579. The van der Waals surface area contributed by atoms with Gasteiger partial charge in [-0.3, -0.25) is 4.79 Å². The Morgan fingerprint density at radius 2 is 2.00 bits per heavy atom. The van der Waals surface area contributed by atoms with Crippen LogP contribution in [0.1, 0.15) is 50.9 Å². The number of hydrogen-bond acceptors (Lipinski definition) is 5. The zero-order valence-electron chi connectivity index (χ0n) is 15.0. The second-order valence-corrected chi connectivity index (χ2v) is 6.89. The number of hydrogen-bond donors (Lipinski definition) is 1. The molecule has 0 aliphatic carbocycles. The predicted molar refractivity (Wildman–Crippen MR) is 99.9 cm³/mol. The van der Waals surface area contributed by atoms with E-state index in [1.54, 1.807) is 18.2 Å². The largest absolute Gasteiger partial charge is 0.494 e. The molecule has 0 fully saturated rings. The molecular weight excluding hydrogens is 338 g/mol. The van der Waals surface area contributed by atoms with Crippen LogP contribution in [0, 0.1) is 13.8 Å². The van der Waals surface area contributed by atoms with Crippen LogP contribution in [0.4, 0.5) is 5.00 Å². The third kappa shape index (κ3) is 4.60. The molecule has 0 saturated heterocycles. The SMILES string of the molecule is CCCCOc1cccc(C(=O)Nc2sc(C)c(C)c2C(=O)OC)c1. The fraction of sp³-hybridized carbons (Fsp3) is 0.368. The Bertz CT molecular complexity index is 767. The zero-order valence-corrected chi connectivity index (χ0v) is 15.8. The van der Waals surface area contributed by atoms with Crippen LogP contribution in [-0.2, 0) is 4.74 Å². The normalized spacial score (nSPS) is 10.4. The van der Waals surface area contributed by atoms with Crippen LogP contribution in [-0.4, -0.2) is 25.6 Å². The second-order valence-electron chi connectivity index (χ2n) is 5.66. The minimum Gasteiger partial charge on any atom is -0.494 e. The summed E-state index contributed by atoms with van der Waals surface area (Å²) in [6, 6.07) is 7.03. The lowest BCUT2D eigenvalue weighted by Gasteiger charge is -2.09. The number of thiophene rings is 1. The lowest BCUT2D eigenvalue weighted by molar-refractivity contribution is 0.0601. The van der Waals surface area contributed by atoms with E-state index in [1.807, 2.05) is 19.9 Å². The van der Waals surface area contributed by atoms with E-state index >= 15 is 0 Å². The third-order valence-corrected chi connectivity index (χ3v) is 4.99. The average molecular weight is 361 g/mol.